The minimum absolute atomic E-state index is 0.0170. The van der Waals surface area contributed by atoms with Crippen molar-refractivity contribution in [1.29, 1.82) is 0 Å². The van der Waals surface area contributed by atoms with Gasteiger partial charge in [-0.25, -0.2) is 8.42 Å². The molecule has 0 unspecified atom stereocenters. The van der Waals surface area contributed by atoms with Crippen molar-refractivity contribution in [2.45, 2.75) is 25.2 Å². The largest absolute Gasteiger partial charge is 0.395 e. The first-order valence-corrected chi connectivity index (χ1v) is 8.29. The number of hydrogen-bond donors (Lipinski definition) is 2. The minimum atomic E-state index is -3.12. The molecule has 0 aliphatic heterocycles. The summed E-state index contributed by atoms with van der Waals surface area (Å²) in [5.74, 6) is 0.131. The molecule has 108 valence electrons. The fourth-order valence-corrected chi connectivity index (χ4v) is 3.62. The predicted octanol–water partition coefficient (Wildman–Crippen LogP) is 1.12. The highest BCUT2D eigenvalue weighted by atomic mass is 32.2. The molecule has 0 heterocycles. The second-order valence-electron chi connectivity index (χ2n) is 4.86. The van der Waals surface area contributed by atoms with Crippen molar-refractivity contribution in [1.82, 2.24) is 0 Å². The van der Waals surface area contributed by atoms with Crippen molar-refractivity contribution < 1.29 is 18.6 Å². The van der Waals surface area contributed by atoms with Crippen molar-refractivity contribution in [3.63, 3.8) is 0 Å². The number of aliphatic hydroxyl groups is 2. The maximum absolute atomic E-state index is 11.8. The molecule has 0 aliphatic carbocycles. The van der Waals surface area contributed by atoms with Gasteiger partial charge in [-0.05, 0) is 18.4 Å². The SMILES string of the molecule is CCCS(=O)(=O)CCC(CO)(CO)c1ccccc1. The number of aliphatic hydroxyl groups excluding tert-OH is 2. The van der Waals surface area contributed by atoms with E-state index < -0.39 is 15.3 Å². The van der Waals surface area contributed by atoms with E-state index in [1.165, 1.54) is 0 Å². The van der Waals surface area contributed by atoms with Gasteiger partial charge in [0.15, 0.2) is 0 Å². The predicted molar refractivity (Wildman–Crippen MR) is 75.9 cm³/mol. The zero-order valence-corrected chi connectivity index (χ0v) is 12.1. The van der Waals surface area contributed by atoms with E-state index in [2.05, 4.69) is 0 Å². The van der Waals surface area contributed by atoms with Crippen LogP contribution in [0, 0.1) is 0 Å². The summed E-state index contributed by atoms with van der Waals surface area (Å²) in [6, 6.07) is 9.08. The molecular formula is C14H22O4S. The molecular weight excluding hydrogens is 264 g/mol. The lowest BCUT2D eigenvalue weighted by atomic mass is 9.79. The Morgan fingerprint density at radius 2 is 1.63 bits per heavy atom. The van der Waals surface area contributed by atoms with Crippen LogP contribution in [-0.2, 0) is 15.3 Å². The average Bonchev–Trinajstić information content (AvgIpc) is 2.41. The summed E-state index contributed by atoms with van der Waals surface area (Å²) in [5, 5.41) is 19.2. The van der Waals surface area contributed by atoms with E-state index in [9.17, 15) is 18.6 Å². The Morgan fingerprint density at radius 3 is 2.11 bits per heavy atom. The van der Waals surface area contributed by atoms with E-state index in [0.717, 1.165) is 5.56 Å². The monoisotopic (exact) mass is 286 g/mol. The fraction of sp³-hybridized carbons (Fsp3) is 0.571. The average molecular weight is 286 g/mol. The van der Waals surface area contributed by atoms with Gasteiger partial charge in [-0.2, -0.15) is 0 Å². The molecule has 0 bridgehead atoms. The Morgan fingerprint density at radius 1 is 1.05 bits per heavy atom. The third-order valence-electron chi connectivity index (χ3n) is 3.40. The normalized spacial score (nSPS) is 12.6. The van der Waals surface area contributed by atoms with Crippen LogP contribution in [0.3, 0.4) is 0 Å². The standard InChI is InChI=1S/C14H22O4S/c1-2-9-19(17,18)10-8-14(11-15,12-16)13-6-4-3-5-7-13/h3-7,15-16H,2,8-12H2,1H3. The topological polar surface area (TPSA) is 74.6 Å². The fourth-order valence-electron chi connectivity index (χ4n) is 2.09. The van der Waals surface area contributed by atoms with Crippen molar-refractivity contribution in [3.8, 4) is 0 Å². The summed E-state index contributed by atoms with van der Waals surface area (Å²) < 4.78 is 23.6. The number of hydrogen-bond acceptors (Lipinski definition) is 4. The quantitative estimate of drug-likeness (QED) is 0.751. The summed E-state index contributed by atoms with van der Waals surface area (Å²) in [4.78, 5) is 0. The van der Waals surface area contributed by atoms with Crippen LogP contribution in [0.4, 0.5) is 0 Å². The highest BCUT2D eigenvalue weighted by Gasteiger charge is 2.32. The molecule has 1 aromatic rings. The number of sulfone groups is 1. The molecule has 0 amide bonds. The summed E-state index contributed by atoms with van der Waals surface area (Å²) >= 11 is 0. The summed E-state index contributed by atoms with van der Waals surface area (Å²) in [6.07, 6.45) is 0.811. The number of rotatable bonds is 8. The first-order valence-electron chi connectivity index (χ1n) is 6.47. The van der Waals surface area contributed by atoms with Crippen LogP contribution in [0.15, 0.2) is 30.3 Å². The van der Waals surface area contributed by atoms with E-state index in [1.54, 1.807) is 12.1 Å². The lowest BCUT2D eigenvalue weighted by Gasteiger charge is -2.30. The first-order chi connectivity index (χ1) is 8.99. The van der Waals surface area contributed by atoms with Crippen LogP contribution in [-0.4, -0.2) is 43.4 Å². The van der Waals surface area contributed by atoms with E-state index in [1.807, 2.05) is 25.1 Å². The van der Waals surface area contributed by atoms with Gasteiger partial charge in [0, 0.05) is 11.2 Å². The van der Waals surface area contributed by atoms with Crippen LogP contribution < -0.4 is 0 Å². The maximum atomic E-state index is 11.8. The minimum Gasteiger partial charge on any atom is -0.395 e. The lowest BCUT2D eigenvalue weighted by molar-refractivity contribution is 0.114. The molecule has 5 heteroatoms. The van der Waals surface area contributed by atoms with E-state index in [4.69, 9.17) is 0 Å². The summed E-state index contributed by atoms with van der Waals surface area (Å²) in [5.41, 5.74) is -0.117. The third-order valence-corrected chi connectivity index (χ3v) is 5.25. The second kappa shape index (κ2) is 7.03. The van der Waals surface area contributed by atoms with Crippen LogP contribution >= 0.6 is 0 Å². The molecule has 1 rings (SSSR count). The van der Waals surface area contributed by atoms with Gasteiger partial charge >= 0.3 is 0 Å². The number of benzene rings is 1. The lowest BCUT2D eigenvalue weighted by Crippen LogP contribution is -2.37. The van der Waals surface area contributed by atoms with E-state index in [0.29, 0.717) is 6.42 Å². The van der Waals surface area contributed by atoms with Gasteiger partial charge in [0.25, 0.3) is 0 Å². The van der Waals surface area contributed by atoms with Crippen molar-refractivity contribution in [2.75, 3.05) is 24.7 Å². The molecule has 0 saturated heterocycles. The smallest absolute Gasteiger partial charge is 0.150 e. The maximum Gasteiger partial charge on any atom is 0.150 e. The van der Waals surface area contributed by atoms with Gasteiger partial charge in [-0.3, -0.25) is 0 Å². The third kappa shape index (κ3) is 4.30. The summed E-state index contributed by atoms with van der Waals surface area (Å²) in [7, 11) is -3.12. The zero-order valence-electron chi connectivity index (χ0n) is 11.2. The van der Waals surface area contributed by atoms with Crippen molar-refractivity contribution >= 4 is 9.84 Å². The van der Waals surface area contributed by atoms with Gasteiger partial charge < -0.3 is 10.2 Å². The van der Waals surface area contributed by atoms with Gasteiger partial charge in [0.1, 0.15) is 9.84 Å². The van der Waals surface area contributed by atoms with Gasteiger partial charge in [0.2, 0.25) is 0 Å². The van der Waals surface area contributed by atoms with E-state index in [-0.39, 0.29) is 31.1 Å². The van der Waals surface area contributed by atoms with Crippen LogP contribution in [0.25, 0.3) is 0 Å². The Labute approximate surface area is 115 Å². The molecule has 0 aromatic heterocycles. The Bertz CT molecular complexity index is 463. The van der Waals surface area contributed by atoms with Crippen LogP contribution in [0.2, 0.25) is 0 Å². The molecule has 2 N–H and O–H groups in total. The Balaban J connectivity index is 2.90. The van der Waals surface area contributed by atoms with Crippen LogP contribution in [0.5, 0.6) is 0 Å². The molecule has 4 nitrogen and oxygen atoms in total. The molecule has 0 spiro atoms. The highest BCUT2D eigenvalue weighted by Crippen LogP contribution is 2.28. The molecule has 19 heavy (non-hydrogen) atoms. The second-order valence-corrected chi connectivity index (χ2v) is 7.17. The molecule has 0 aliphatic rings. The van der Waals surface area contributed by atoms with Crippen molar-refractivity contribution in [2.24, 2.45) is 0 Å². The van der Waals surface area contributed by atoms with Crippen molar-refractivity contribution in [3.05, 3.63) is 35.9 Å². The van der Waals surface area contributed by atoms with Gasteiger partial charge in [0.05, 0.1) is 19.0 Å². The highest BCUT2D eigenvalue weighted by molar-refractivity contribution is 7.91. The Kier molecular flexibility index (Phi) is 5.97. The molecule has 0 saturated carbocycles. The molecule has 1 aromatic carbocycles. The van der Waals surface area contributed by atoms with Crippen LogP contribution in [0.1, 0.15) is 25.3 Å². The molecule has 0 fully saturated rings. The summed E-state index contributed by atoms with van der Waals surface area (Å²) in [6.45, 7) is 1.28. The Hall–Kier alpha value is -0.910. The molecule has 0 radical (unpaired) electrons. The zero-order chi connectivity index (χ0) is 14.4. The van der Waals surface area contributed by atoms with Gasteiger partial charge in [-0.1, -0.05) is 37.3 Å². The molecule has 0 atom stereocenters. The first kappa shape index (κ1) is 16.1. The van der Waals surface area contributed by atoms with E-state index >= 15 is 0 Å². The van der Waals surface area contributed by atoms with Gasteiger partial charge in [-0.15, -0.1) is 0 Å².